The zero-order valence-corrected chi connectivity index (χ0v) is 18.5. The molecule has 0 aliphatic carbocycles. The molecule has 1 aromatic carbocycles. The van der Waals surface area contributed by atoms with E-state index in [-0.39, 0.29) is 11.7 Å². The van der Waals surface area contributed by atoms with Crippen LogP contribution in [0, 0.1) is 12.3 Å². The lowest BCUT2D eigenvalue weighted by Gasteiger charge is -2.39. The number of Topliss-reactive ketones (excluding diaryl/α,β-unsaturated/α-hetero) is 1. The standard InChI is InChI=1S/C25H26N4O3/c1-17-4-6-22(28-13-17)18-10-19(23(30)7-5-20-14-26-8-9-27-20)12-21(11-18)29(3)24(31)25(2)15-32-16-25/h4,6,8-14H,5,7,15-16H2,1-3H3. The van der Waals surface area contributed by atoms with E-state index in [0.29, 0.717) is 37.3 Å². The van der Waals surface area contributed by atoms with E-state index < -0.39 is 5.41 Å². The SMILES string of the molecule is Cc1ccc(-c2cc(C(=O)CCc3cnccn3)cc(N(C)C(=O)C3(C)COC3)c2)nc1. The van der Waals surface area contributed by atoms with Crippen molar-refractivity contribution in [3.05, 3.63) is 71.9 Å². The highest BCUT2D eigenvalue weighted by atomic mass is 16.5. The summed E-state index contributed by atoms with van der Waals surface area (Å²) in [6.07, 6.45) is 7.48. The van der Waals surface area contributed by atoms with Crippen molar-refractivity contribution in [3.63, 3.8) is 0 Å². The summed E-state index contributed by atoms with van der Waals surface area (Å²) in [5, 5.41) is 0. The molecule has 0 saturated carbocycles. The lowest BCUT2D eigenvalue weighted by molar-refractivity contribution is -0.154. The van der Waals surface area contributed by atoms with Crippen molar-refractivity contribution in [1.82, 2.24) is 15.0 Å². The van der Waals surface area contributed by atoms with Gasteiger partial charge in [0.2, 0.25) is 5.91 Å². The van der Waals surface area contributed by atoms with Crippen molar-refractivity contribution in [2.24, 2.45) is 5.41 Å². The minimum absolute atomic E-state index is 0.0232. The molecule has 7 heteroatoms. The summed E-state index contributed by atoms with van der Waals surface area (Å²) in [6, 6.07) is 9.42. The lowest BCUT2D eigenvalue weighted by atomic mass is 9.86. The first-order valence-electron chi connectivity index (χ1n) is 10.6. The maximum Gasteiger partial charge on any atom is 0.237 e. The van der Waals surface area contributed by atoms with Gasteiger partial charge in [0, 0.05) is 55.1 Å². The molecule has 3 heterocycles. The molecule has 0 bridgehead atoms. The third kappa shape index (κ3) is 4.57. The van der Waals surface area contributed by atoms with Crippen LogP contribution in [0.2, 0.25) is 0 Å². The highest BCUT2D eigenvalue weighted by molar-refractivity contribution is 6.02. The van der Waals surface area contributed by atoms with Crippen LogP contribution in [0.25, 0.3) is 11.3 Å². The predicted molar refractivity (Wildman–Crippen MR) is 121 cm³/mol. The Hall–Kier alpha value is -3.45. The van der Waals surface area contributed by atoms with E-state index in [9.17, 15) is 9.59 Å². The molecule has 0 N–H and O–H groups in total. The van der Waals surface area contributed by atoms with Gasteiger partial charge in [-0.1, -0.05) is 6.07 Å². The fraction of sp³-hybridized carbons (Fsp3) is 0.320. The molecule has 1 fully saturated rings. The van der Waals surface area contributed by atoms with Crippen LogP contribution >= 0.6 is 0 Å². The van der Waals surface area contributed by atoms with Gasteiger partial charge in [0.05, 0.1) is 30.0 Å². The van der Waals surface area contributed by atoms with Crippen molar-refractivity contribution in [1.29, 1.82) is 0 Å². The van der Waals surface area contributed by atoms with E-state index in [1.807, 2.05) is 38.1 Å². The lowest BCUT2D eigenvalue weighted by Crippen LogP contribution is -2.52. The van der Waals surface area contributed by atoms with Crippen molar-refractivity contribution in [2.45, 2.75) is 26.7 Å². The minimum Gasteiger partial charge on any atom is -0.379 e. The number of hydrogen-bond donors (Lipinski definition) is 0. The van der Waals surface area contributed by atoms with Crippen LogP contribution < -0.4 is 4.90 Å². The van der Waals surface area contributed by atoms with Crippen molar-refractivity contribution in [3.8, 4) is 11.3 Å². The van der Waals surface area contributed by atoms with Crippen LogP contribution in [-0.2, 0) is 16.0 Å². The molecule has 0 atom stereocenters. The number of carbonyl (C=O) groups excluding carboxylic acids is 2. The van der Waals surface area contributed by atoms with E-state index in [1.54, 1.807) is 42.8 Å². The van der Waals surface area contributed by atoms with Gasteiger partial charge in [-0.15, -0.1) is 0 Å². The molecule has 1 aliphatic heterocycles. The summed E-state index contributed by atoms with van der Waals surface area (Å²) in [6.45, 7) is 4.68. The summed E-state index contributed by atoms with van der Waals surface area (Å²) in [4.78, 5) is 40.5. The van der Waals surface area contributed by atoms with Crippen molar-refractivity contribution < 1.29 is 14.3 Å². The molecule has 1 aliphatic rings. The Morgan fingerprint density at radius 1 is 1.09 bits per heavy atom. The Morgan fingerprint density at radius 2 is 1.91 bits per heavy atom. The summed E-state index contributed by atoms with van der Waals surface area (Å²) in [5.41, 5.74) is 4.02. The summed E-state index contributed by atoms with van der Waals surface area (Å²) in [5.74, 6) is -0.0550. The zero-order chi connectivity index (χ0) is 22.7. The second kappa shape index (κ2) is 8.96. The molecule has 4 rings (SSSR count). The molecule has 1 saturated heterocycles. The van der Waals surface area contributed by atoms with Gasteiger partial charge in [0.15, 0.2) is 5.78 Å². The third-order valence-electron chi connectivity index (χ3n) is 5.72. The number of anilines is 1. The van der Waals surface area contributed by atoms with Gasteiger partial charge in [-0.3, -0.25) is 24.5 Å². The van der Waals surface area contributed by atoms with Crippen molar-refractivity contribution >= 4 is 17.4 Å². The molecular weight excluding hydrogens is 404 g/mol. The Kier molecular flexibility index (Phi) is 6.10. The van der Waals surface area contributed by atoms with E-state index in [2.05, 4.69) is 15.0 Å². The van der Waals surface area contributed by atoms with Gasteiger partial charge < -0.3 is 9.64 Å². The van der Waals surface area contributed by atoms with E-state index in [0.717, 1.165) is 22.5 Å². The second-order valence-electron chi connectivity index (χ2n) is 8.53. The molecule has 7 nitrogen and oxygen atoms in total. The highest BCUT2D eigenvalue weighted by Gasteiger charge is 2.43. The first kappa shape index (κ1) is 21.8. The van der Waals surface area contributed by atoms with Gasteiger partial charge in [0.1, 0.15) is 0 Å². The number of ether oxygens (including phenoxy) is 1. The quantitative estimate of drug-likeness (QED) is 0.532. The number of benzene rings is 1. The minimum atomic E-state index is -0.539. The van der Waals surface area contributed by atoms with Crippen LogP contribution in [0.15, 0.2) is 55.1 Å². The van der Waals surface area contributed by atoms with Gasteiger partial charge in [0.25, 0.3) is 0 Å². The Bertz CT molecular complexity index is 1130. The Morgan fingerprint density at radius 3 is 2.53 bits per heavy atom. The van der Waals surface area contributed by atoms with Crippen LogP contribution in [0.3, 0.4) is 0 Å². The smallest absolute Gasteiger partial charge is 0.237 e. The second-order valence-corrected chi connectivity index (χ2v) is 8.53. The summed E-state index contributed by atoms with van der Waals surface area (Å²) in [7, 11) is 1.74. The number of nitrogens with zero attached hydrogens (tertiary/aromatic N) is 4. The van der Waals surface area contributed by atoms with Crippen LogP contribution in [0.1, 0.15) is 35.0 Å². The predicted octanol–water partition coefficient (Wildman–Crippen LogP) is 3.66. The molecular formula is C25H26N4O3. The number of pyridine rings is 1. The molecule has 0 spiro atoms. The highest BCUT2D eigenvalue weighted by Crippen LogP contribution is 2.33. The average Bonchev–Trinajstić information content (AvgIpc) is 2.80. The molecule has 0 unspecified atom stereocenters. The van der Waals surface area contributed by atoms with E-state index >= 15 is 0 Å². The Labute approximate surface area is 187 Å². The van der Waals surface area contributed by atoms with Gasteiger partial charge in [-0.2, -0.15) is 0 Å². The largest absolute Gasteiger partial charge is 0.379 e. The summed E-state index contributed by atoms with van der Waals surface area (Å²) < 4.78 is 5.26. The van der Waals surface area contributed by atoms with Crippen LogP contribution in [0.4, 0.5) is 5.69 Å². The van der Waals surface area contributed by atoms with Gasteiger partial charge in [-0.05, 0) is 50.1 Å². The summed E-state index contributed by atoms with van der Waals surface area (Å²) >= 11 is 0. The number of aryl methyl sites for hydroxylation is 2. The average molecular weight is 431 g/mol. The number of ketones is 1. The molecule has 3 aromatic rings. The topological polar surface area (TPSA) is 85.3 Å². The fourth-order valence-corrected chi connectivity index (χ4v) is 3.65. The number of carbonyl (C=O) groups is 2. The van der Waals surface area contributed by atoms with Gasteiger partial charge >= 0.3 is 0 Å². The number of hydrogen-bond acceptors (Lipinski definition) is 6. The van der Waals surface area contributed by atoms with E-state index in [1.165, 1.54) is 0 Å². The number of rotatable bonds is 7. The monoisotopic (exact) mass is 430 g/mol. The molecule has 1 amide bonds. The van der Waals surface area contributed by atoms with Gasteiger partial charge in [-0.25, -0.2) is 0 Å². The van der Waals surface area contributed by atoms with Crippen LogP contribution in [0.5, 0.6) is 0 Å². The zero-order valence-electron chi connectivity index (χ0n) is 18.5. The Balaban J connectivity index is 1.66. The molecule has 164 valence electrons. The van der Waals surface area contributed by atoms with Crippen LogP contribution in [-0.4, -0.2) is 46.9 Å². The fourth-order valence-electron chi connectivity index (χ4n) is 3.65. The maximum absolute atomic E-state index is 13.1. The third-order valence-corrected chi connectivity index (χ3v) is 5.72. The first-order valence-corrected chi connectivity index (χ1v) is 10.6. The number of aromatic nitrogens is 3. The molecule has 2 aromatic heterocycles. The molecule has 0 radical (unpaired) electrons. The number of amides is 1. The first-order chi connectivity index (χ1) is 15.4. The molecule has 32 heavy (non-hydrogen) atoms. The van der Waals surface area contributed by atoms with E-state index in [4.69, 9.17) is 4.74 Å². The van der Waals surface area contributed by atoms with Crippen molar-refractivity contribution in [2.75, 3.05) is 25.2 Å². The normalized spacial score (nSPS) is 14.5. The maximum atomic E-state index is 13.1.